The largest absolute Gasteiger partial charge is 0.348 e. The van der Waals surface area contributed by atoms with E-state index >= 15 is 0 Å². The third kappa shape index (κ3) is 4.29. The van der Waals surface area contributed by atoms with Crippen molar-refractivity contribution >= 4 is 17.7 Å². The molecule has 0 saturated carbocycles. The van der Waals surface area contributed by atoms with E-state index in [9.17, 15) is 4.79 Å². The van der Waals surface area contributed by atoms with Crippen molar-refractivity contribution in [3.05, 3.63) is 78.0 Å². The van der Waals surface area contributed by atoms with E-state index < -0.39 is 0 Å². The van der Waals surface area contributed by atoms with Gasteiger partial charge in [-0.05, 0) is 18.6 Å². The van der Waals surface area contributed by atoms with Crippen molar-refractivity contribution in [1.29, 1.82) is 0 Å². The molecule has 1 unspecified atom stereocenters. The van der Waals surface area contributed by atoms with Gasteiger partial charge in [0.2, 0.25) is 5.91 Å². The van der Waals surface area contributed by atoms with Crippen LogP contribution in [0.25, 0.3) is 11.3 Å². The number of carbonyl (C=O) groups is 1. The van der Waals surface area contributed by atoms with Gasteiger partial charge < -0.3 is 4.90 Å². The fraction of sp³-hybridized carbons (Fsp3) is 0.190. The molecule has 1 atom stereocenters. The maximum Gasteiger partial charge on any atom is 0.240 e. The van der Waals surface area contributed by atoms with Gasteiger partial charge in [0.15, 0.2) is 5.16 Å². The highest BCUT2D eigenvalue weighted by Gasteiger charge is 2.25. The van der Waals surface area contributed by atoms with Crippen LogP contribution in [0.5, 0.6) is 0 Å². The van der Waals surface area contributed by atoms with Crippen LogP contribution in [-0.4, -0.2) is 34.9 Å². The van der Waals surface area contributed by atoms with Crippen LogP contribution in [-0.2, 0) is 4.79 Å². The molecule has 3 rings (SSSR count). The predicted octanol–water partition coefficient (Wildman–Crippen LogP) is 4.37. The van der Waals surface area contributed by atoms with Gasteiger partial charge in [-0.1, -0.05) is 72.4 Å². The first kappa shape index (κ1) is 18.1. The molecule has 4 nitrogen and oxygen atoms in total. The molecule has 0 fully saturated rings. The summed E-state index contributed by atoms with van der Waals surface area (Å²) in [5.74, 6) is 0.0209. The molecule has 1 amide bonds. The summed E-state index contributed by atoms with van der Waals surface area (Å²) in [7, 11) is 3.54. The number of rotatable bonds is 5. The summed E-state index contributed by atoms with van der Waals surface area (Å²) < 4.78 is 0. The minimum absolute atomic E-state index is 0.0209. The Morgan fingerprint density at radius 3 is 2.19 bits per heavy atom. The van der Waals surface area contributed by atoms with Crippen molar-refractivity contribution in [1.82, 2.24) is 14.9 Å². The number of nitrogens with zero attached hydrogens (tertiary/aromatic N) is 3. The average molecular weight is 363 g/mol. The molecule has 132 valence electrons. The highest BCUT2D eigenvalue weighted by atomic mass is 32.2. The first-order valence-electron chi connectivity index (χ1n) is 8.38. The van der Waals surface area contributed by atoms with Crippen molar-refractivity contribution in [3.63, 3.8) is 0 Å². The molecule has 0 aliphatic heterocycles. The number of likely N-dealkylation sites (N-methyl/N-ethyl adjacent to an activating group) is 1. The summed E-state index contributed by atoms with van der Waals surface area (Å²) in [5, 5.41) is 0.226. The highest BCUT2D eigenvalue weighted by Crippen LogP contribution is 2.35. The first-order chi connectivity index (χ1) is 12.5. The fourth-order valence-corrected chi connectivity index (χ4v) is 3.74. The maximum atomic E-state index is 12.7. The lowest BCUT2D eigenvalue weighted by molar-refractivity contribution is -0.128. The Morgan fingerprint density at radius 2 is 1.58 bits per heavy atom. The molecule has 1 heterocycles. The lowest BCUT2D eigenvalue weighted by Crippen LogP contribution is -2.26. The van der Waals surface area contributed by atoms with E-state index in [1.165, 1.54) is 11.8 Å². The summed E-state index contributed by atoms with van der Waals surface area (Å²) in [6.45, 7) is 1.95. The second kappa shape index (κ2) is 8.15. The van der Waals surface area contributed by atoms with Crippen LogP contribution in [0.1, 0.15) is 16.5 Å². The van der Waals surface area contributed by atoms with Crippen molar-refractivity contribution in [2.75, 3.05) is 14.1 Å². The minimum Gasteiger partial charge on any atom is -0.348 e. The summed E-state index contributed by atoms with van der Waals surface area (Å²) in [5.41, 5.74) is 3.73. The van der Waals surface area contributed by atoms with E-state index in [0.29, 0.717) is 5.16 Å². The van der Waals surface area contributed by atoms with Crippen molar-refractivity contribution in [2.45, 2.75) is 17.3 Å². The smallest absolute Gasteiger partial charge is 0.240 e. The summed E-state index contributed by atoms with van der Waals surface area (Å²) in [6.07, 6.45) is 0. The number of hydrogen-bond donors (Lipinski definition) is 0. The molecule has 5 heteroatoms. The van der Waals surface area contributed by atoms with Gasteiger partial charge in [0.05, 0.1) is 5.69 Å². The molecular formula is C21H21N3OS. The molecule has 0 N–H and O–H groups in total. The second-order valence-electron chi connectivity index (χ2n) is 6.18. The van der Waals surface area contributed by atoms with Crippen molar-refractivity contribution < 1.29 is 4.79 Å². The number of carbonyl (C=O) groups excluding carboxylic acids is 1. The zero-order chi connectivity index (χ0) is 18.5. The average Bonchev–Trinajstić information content (AvgIpc) is 2.66. The zero-order valence-corrected chi connectivity index (χ0v) is 15.9. The van der Waals surface area contributed by atoms with Crippen LogP contribution >= 0.6 is 11.8 Å². The van der Waals surface area contributed by atoms with Crippen LogP contribution in [0.4, 0.5) is 0 Å². The first-order valence-corrected chi connectivity index (χ1v) is 9.26. The van der Waals surface area contributed by atoms with E-state index in [-0.39, 0.29) is 11.2 Å². The van der Waals surface area contributed by atoms with Crippen LogP contribution in [0.2, 0.25) is 0 Å². The fourth-order valence-electron chi connectivity index (χ4n) is 2.58. The molecule has 0 radical (unpaired) electrons. The Morgan fingerprint density at radius 1 is 0.962 bits per heavy atom. The molecule has 26 heavy (non-hydrogen) atoms. The Kier molecular flexibility index (Phi) is 5.68. The van der Waals surface area contributed by atoms with Gasteiger partial charge in [-0.15, -0.1) is 0 Å². The van der Waals surface area contributed by atoms with Crippen LogP contribution in [0.15, 0.2) is 71.9 Å². The summed E-state index contributed by atoms with van der Waals surface area (Å²) in [6, 6.07) is 21.7. The summed E-state index contributed by atoms with van der Waals surface area (Å²) >= 11 is 1.39. The van der Waals surface area contributed by atoms with E-state index in [1.54, 1.807) is 19.0 Å². The number of hydrogen-bond acceptors (Lipinski definition) is 4. The number of aryl methyl sites for hydroxylation is 1. The molecule has 0 bridgehead atoms. The molecule has 3 aromatic rings. The molecule has 0 saturated heterocycles. The highest BCUT2D eigenvalue weighted by molar-refractivity contribution is 8.00. The van der Waals surface area contributed by atoms with Crippen LogP contribution < -0.4 is 0 Å². The molecule has 1 aromatic heterocycles. The Balaban J connectivity index is 1.97. The number of amides is 1. The predicted molar refractivity (Wildman–Crippen MR) is 106 cm³/mol. The van der Waals surface area contributed by atoms with Gasteiger partial charge in [-0.2, -0.15) is 0 Å². The minimum atomic E-state index is -0.378. The Labute approximate surface area is 158 Å². The number of thioether (sulfide) groups is 1. The summed E-state index contributed by atoms with van der Waals surface area (Å²) in [4.78, 5) is 23.6. The van der Waals surface area contributed by atoms with Crippen molar-refractivity contribution in [2.24, 2.45) is 0 Å². The zero-order valence-electron chi connectivity index (χ0n) is 15.1. The lowest BCUT2D eigenvalue weighted by atomic mass is 10.1. The van der Waals surface area contributed by atoms with E-state index in [1.807, 2.05) is 73.7 Å². The number of aromatic nitrogens is 2. The third-order valence-electron chi connectivity index (χ3n) is 3.89. The Hall–Kier alpha value is -2.66. The van der Waals surface area contributed by atoms with Crippen molar-refractivity contribution in [3.8, 4) is 11.3 Å². The Bertz CT molecular complexity index is 882. The van der Waals surface area contributed by atoms with Crippen LogP contribution in [0.3, 0.4) is 0 Å². The van der Waals surface area contributed by atoms with Crippen LogP contribution in [0, 0.1) is 6.92 Å². The number of benzene rings is 2. The lowest BCUT2D eigenvalue weighted by Gasteiger charge is -2.20. The topological polar surface area (TPSA) is 46.1 Å². The SMILES string of the molecule is Cc1cc(-c2ccccc2)nc(SC(C(=O)N(C)C)c2ccccc2)n1. The van der Waals surface area contributed by atoms with E-state index in [2.05, 4.69) is 4.98 Å². The molecule has 2 aromatic carbocycles. The van der Waals surface area contributed by atoms with Gasteiger partial charge >= 0.3 is 0 Å². The molecule has 0 spiro atoms. The monoisotopic (exact) mass is 363 g/mol. The second-order valence-corrected chi connectivity index (χ2v) is 7.26. The van der Waals surface area contributed by atoms with Gasteiger partial charge in [0.25, 0.3) is 0 Å². The van der Waals surface area contributed by atoms with Gasteiger partial charge in [-0.25, -0.2) is 9.97 Å². The van der Waals surface area contributed by atoms with Gasteiger partial charge in [-0.3, -0.25) is 4.79 Å². The standard InChI is InChI=1S/C21H21N3OS/c1-15-14-18(16-10-6-4-7-11-16)23-21(22-15)26-19(20(25)24(2)3)17-12-8-5-9-13-17/h4-14,19H,1-3H3. The van der Waals surface area contributed by atoms with E-state index in [4.69, 9.17) is 4.98 Å². The third-order valence-corrected chi connectivity index (χ3v) is 5.00. The van der Waals surface area contributed by atoms with E-state index in [0.717, 1.165) is 22.5 Å². The molecule has 0 aliphatic carbocycles. The molecule has 0 aliphatic rings. The van der Waals surface area contributed by atoms with Gasteiger partial charge in [0.1, 0.15) is 5.25 Å². The van der Waals surface area contributed by atoms with Gasteiger partial charge in [0, 0.05) is 25.4 Å². The maximum absolute atomic E-state index is 12.7. The normalized spacial score (nSPS) is 11.8. The molecular weight excluding hydrogens is 342 g/mol. The quantitative estimate of drug-likeness (QED) is 0.499.